The summed E-state index contributed by atoms with van der Waals surface area (Å²) in [6.07, 6.45) is 62.2. The number of carbonyl (C=O) groups excluding carboxylic acids is 4. The number of carbonyl (C=O) groups is 4. The van der Waals surface area contributed by atoms with E-state index in [-0.39, 0.29) is 25.7 Å². The molecular weight excluding hydrogens is 1260 g/mol. The molecule has 19 heteroatoms. The van der Waals surface area contributed by atoms with E-state index in [4.69, 9.17) is 37.0 Å². The Hall–Kier alpha value is -1.94. The summed E-state index contributed by atoms with van der Waals surface area (Å²) >= 11 is 0. The van der Waals surface area contributed by atoms with E-state index >= 15 is 0 Å². The zero-order valence-corrected chi connectivity index (χ0v) is 64.1. The van der Waals surface area contributed by atoms with Crippen molar-refractivity contribution in [1.29, 1.82) is 0 Å². The van der Waals surface area contributed by atoms with Crippen LogP contribution < -0.4 is 0 Å². The normalized spacial score (nSPS) is 13.9. The molecule has 0 heterocycles. The molecule has 0 amide bonds. The minimum absolute atomic E-state index is 0.109. The fraction of sp³-hybridized carbons (Fsp3) is 0.948. The summed E-state index contributed by atoms with van der Waals surface area (Å²) in [5.74, 6) is -2.11. The van der Waals surface area contributed by atoms with Crippen molar-refractivity contribution < 1.29 is 80.2 Å². The van der Waals surface area contributed by atoms with E-state index in [1.54, 1.807) is 0 Å². The molecular formula is C77H150O17P2. The van der Waals surface area contributed by atoms with Crippen LogP contribution in [0.15, 0.2) is 0 Å². The molecule has 3 N–H and O–H groups in total. The fourth-order valence-electron chi connectivity index (χ4n) is 11.9. The lowest BCUT2D eigenvalue weighted by Gasteiger charge is -2.21. The van der Waals surface area contributed by atoms with E-state index in [1.807, 2.05) is 0 Å². The number of aliphatic hydroxyl groups excluding tert-OH is 1. The third-order valence-corrected chi connectivity index (χ3v) is 20.0. The van der Waals surface area contributed by atoms with Gasteiger partial charge in [0.1, 0.15) is 19.3 Å². The van der Waals surface area contributed by atoms with Crippen LogP contribution >= 0.6 is 15.6 Å². The molecule has 0 spiro atoms. The molecule has 5 atom stereocenters. The number of esters is 4. The van der Waals surface area contributed by atoms with Crippen molar-refractivity contribution in [2.45, 2.75) is 431 Å². The Morgan fingerprint density at radius 1 is 0.250 bits per heavy atom. The second kappa shape index (κ2) is 71.5. The van der Waals surface area contributed by atoms with Gasteiger partial charge in [-0.1, -0.05) is 362 Å². The molecule has 0 aliphatic carbocycles. The summed E-state index contributed by atoms with van der Waals surface area (Å²) in [6, 6.07) is 0. The third-order valence-electron chi connectivity index (χ3n) is 18.1. The van der Waals surface area contributed by atoms with E-state index in [1.165, 1.54) is 244 Å². The van der Waals surface area contributed by atoms with E-state index in [0.29, 0.717) is 25.7 Å². The number of ether oxygens (including phenoxy) is 4. The first-order valence-electron chi connectivity index (χ1n) is 40.3. The fourth-order valence-corrected chi connectivity index (χ4v) is 13.5. The summed E-state index contributed by atoms with van der Waals surface area (Å²) in [7, 11) is -9.91. The summed E-state index contributed by atoms with van der Waals surface area (Å²) in [4.78, 5) is 72.9. The van der Waals surface area contributed by atoms with Gasteiger partial charge in [0.2, 0.25) is 0 Å². The van der Waals surface area contributed by atoms with Crippen LogP contribution in [0.3, 0.4) is 0 Å². The molecule has 96 heavy (non-hydrogen) atoms. The average Bonchev–Trinajstić information content (AvgIpc) is 1.17. The minimum atomic E-state index is -4.96. The highest BCUT2D eigenvalue weighted by Crippen LogP contribution is 2.45. The number of unbranched alkanes of at least 4 members (excludes halogenated alkanes) is 52. The van der Waals surface area contributed by atoms with Crippen LogP contribution in [0, 0.1) is 0 Å². The number of aliphatic hydroxyl groups is 1. The Bertz CT molecular complexity index is 1830. The predicted octanol–water partition coefficient (Wildman–Crippen LogP) is 23.0. The summed E-state index contributed by atoms with van der Waals surface area (Å²) in [5, 5.41) is 10.6. The van der Waals surface area contributed by atoms with Gasteiger partial charge in [-0.3, -0.25) is 37.3 Å². The van der Waals surface area contributed by atoms with Crippen molar-refractivity contribution in [2.24, 2.45) is 0 Å². The lowest BCUT2D eigenvalue weighted by atomic mass is 10.0. The van der Waals surface area contributed by atoms with Crippen LogP contribution in [0.4, 0.5) is 0 Å². The Kier molecular flexibility index (Phi) is 70.0. The summed E-state index contributed by atoms with van der Waals surface area (Å²) in [5.41, 5.74) is 0. The first-order valence-corrected chi connectivity index (χ1v) is 43.3. The maximum absolute atomic E-state index is 13.1. The minimum Gasteiger partial charge on any atom is -0.462 e. The molecule has 0 aromatic heterocycles. The van der Waals surface area contributed by atoms with Crippen molar-refractivity contribution >= 4 is 39.5 Å². The van der Waals surface area contributed by atoms with Crippen LogP contribution in [0.25, 0.3) is 0 Å². The standard InChI is InChI=1S/C77H150O17P2/c1-5-9-13-17-21-25-29-32-35-36-38-41-44-48-52-56-60-64-77(82)94-73(68-88-75(80)62-58-54-50-46-42-40-37-33-30-26-22-18-14-10-6-2)70-92-96(85,86)90-66-71(78)65-89-95(83,84)91-69-72(67-87-74(79)61-57-53-49-45-28-24-20-16-12-8-4)93-76(81)63-59-55-51-47-43-39-34-31-27-23-19-15-11-7-3/h71-73,78H,5-70H2,1-4H3,(H,83,84)(H,85,86)/t71-,72+,73+/m0/s1. The maximum Gasteiger partial charge on any atom is 0.472 e. The van der Waals surface area contributed by atoms with Crippen LogP contribution in [0.2, 0.25) is 0 Å². The van der Waals surface area contributed by atoms with Gasteiger partial charge >= 0.3 is 39.5 Å². The first kappa shape index (κ1) is 94.1. The zero-order valence-electron chi connectivity index (χ0n) is 62.4. The molecule has 570 valence electrons. The highest BCUT2D eigenvalue weighted by atomic mass is 31.2. The van der Waals surface area contributed by atoms with E-state index < -0.39 is 97.5 Å². The summed E-state index contributed by atoms with van der Waals surface area (Å²) in [6.45, 7) is 5.00. The Morgan fingerprint density at radius 3 is 0.615 bits per heavy atom. The van der Waals surface area contributed by atoms with E-state index in [0.717, 1.165) is 89.9 Å². The van der Waals surface area contributed by atoms with Gasteiger partial charge in [-0.2, -0.15) is 0 Å². The lowest BCUT2D eigenvalue weighted by molar-refractivity contribution is -0.161. The van der Waals surface area contributed by atoms with Crippen molar-refractivity contribution in [3.05, 3.63) is 0 Å². The van der Waals surface area contributed by atoms with Gasteiger partial charge in [-0.15, -0.1) is 0 Å². The molecule has 0 aliphatic heterocycles. The lowest BCUT2D eigenvalue weighted by Crippen LogP contribution is -2.30. The zero-order chi connectivity index (χ0) is 70.4. The van der Waals surface area contributed by atoms with Gasteiger partial charge in [0.15, 0.2) is 12.2 Å². The smallest absolute Gasteiger partial charge is 0.462 e. The maximum atomic E-state index is 13.1. The molecule has 2 unspecified atom stereocenters. The van der Waals surface area contributed by atoms with Gasteiger partial charge in [0.05, 0.1) is 26.4 Å². The van der Waals surface area contributed by atoms with Gasteiger partial charge in [-0.25, -0.2) is 9.13 Å². The van der Waals surface area contributed by atoms with Gasteiger partial charge in [-0.05, 0) is 25.7 Å². The van der Waals surface area contributed by atoms with Gasteiger partial charge in [0.25, 0.3) is 0 Å². The second-order valence-electron chi connectivity index (χ2n) is 27.7. The van der Waals surface area contributed by atoms with Crippen molar-refractivity contribution in [2.75, 3.05) is 39.6 Å². The van der Waals surface area contributed by atoms with Crippen LogP contribution in [-0.4, -0.2) is 96.7 Å². The molecule has 17 nitrogen and oxygen atoms in total. The van der Waals surface area contributed by atoms with E-state index in [2.05, 4.69) is 27.7 Å². The molecule has 0 aromatic carbocycles. The molecule has 0 bridgehead atoms. The summed E-state index contributed by atoms with van der Waals surface area (Å²) < 4.78 is 68.6. The monoisotopic (exact) mass is 1410 g/mol. The number of phosphoric ester groups is 2. The van der Waals surface area contributed by atoms with Crippen LogP contribution in [0.1, 0.15) is 413 Å². The molecule has 0 saturated heterocycles. The molecule has 0 aliphatic rings. The quantitative estimate of drug-likeness (QED) is 0.0222. The van der Waals surface area contributed by atoms with Crippen molar-refractivity contribution in [1.82, 2.24) is 0 Å². The van der Waals surface area contributed by atoms with Crippen LogP contribution in [-0.2, 0) is 65.4 Å². The number of phosphoric acid groups is 2. The van der Waals surface area contributed by atoms with Crippen molar-refractivity contribution in [3.8, 4) is 0 Å². The number of rotatable bonds is 78. The van der Waals surface area contributed by atoms with Gasteiger partial charge in [0, 0.05) is 25.7 Å². The molecule has 0 rings (SSSR count). The second-order valence-corrected chi connectivity index (χ2v) is 30.7. The topological polar surface area (TPSA) is 237 Å². The predicted molar refractivity (Wildman–Crippen MR) is 391 cm³/mol. The third kappa shape index (κ3) is 70.5. The highest BCUT2D eigenvalue weighted by molar-refractivity contribution is 7.47. The number of hydrogen-bond acceptors (Lipinski definition) is 15. The Morgan fingerprint density at radius 2 is 0.417 bits per heavy atom. The highest BCUT2D eigenvalue weighted by Gasteiger charge is 2.30. The Balaban J connectivity index is 5.24. The van der Waals surface area contributed by atoms with Crippen LogP contribution in [0.5, 0.6) is 0 Å². The van der Waals surface area contributed by atoms with Gasteiger partial charge < -0.3 is 33.8 Å². The number of hydrogen-bond donors (Lipinski definition) is 3. The molecule has 0 radical (unpaired) electrons. The van der Waals surface area contributed by atoms with E-state index in [9.17, 15) is 43.2 Å². The first-order chi connectivity index (χ1) is 46.7. The molecule has 0 saturated carbocycles. The SMILES string of the molecule is CCCCCCCCCCCCCCCCCCCC(=O)O[C@H](COC(=O)CCCCCCCCCCCCCCCCC)COP(=O)(O)OC[C@@H](O)COP(=O)(O)OC[C@@H](COC(=O)CCCCCCCCCCCC)OC(=O)CCCCCCCCCCCCCCCC. The molecule has 0 fully saturated rings. The molecule has 0 aromatic rings. The largest absolute Gasteiger partial charge is 0.472 e. The Labute approximate surface area is 588 Å². The average molecular weight is 1410 g/mol. The van der Waals surface area contributed by atoms with Crippen molar-refractivity contribution in [3.63, 3.8) is 0 Å².